The van der Waals surface area contributed by atoms with Gasteiger partial charge in [-0.15, -0.1) is 5.10 Å². The molecule has 2 aromatic heterocycles. The SMILES string of the molecule is COc1ccccc1-c1noc(CCCC(=O)N2CCCNC(=O)[C@@H](C)NC(=O)c3ccc(C)cc3OCCCn3cc(nn3)C2)n1. The number of nitrogens with one attached hydrogen (secondary N) is 2. The van der Waals surface area contributed by atoms with Gasteiger partial charge in [0.25, 0.3) is 5.91 Å². The predicted octanol–water partition coefficient (Wildman–Crippen LogP) is 3.10. The number of nitrogens with zero attached hydrogens (tertiary/aromatic N) is 6. The number of hydrogen-bond acceptors (Lipinski definition) is 10. The van der Waals surface area contributed by atoms with Crippen molar-refractivity contribution in [2.75, 3.05) is 26.8 Å². The van der Waals surface area contributed by atoms with E-state index in [1.165, 1.54) is 0 Å². The van der Waals surface area contributed by atoms with Gasteiger partial charge < -0.3 is 29.5 Å². The second kappa shape index (κ2) is 15.8. The van der Waals surface area contributed by atoms with Gasteiger partial charge in [-0.3, -0.25) is 19.1 Å². The average molecular weight is 645 g/mol. The number of para-hydroxylation sites is 1. The van der Waals surface area contributed by atoms with E-state index in [2.05, 4.69) is 31.1 Å². The Balaban J connectivity index is 1.21. The van der Waals surface area contributed by atoms with Gasteiger partial charge in [0.1, 0.15) is 23.2 Å². The van der Waals surface area contributed by atoms with Crippen LogP contribution in [0, 0.1) is 6.92 Å². The van der Waals surface area contributed by atoms with Gasteiger partial charge >= 0.3 is 0 Å². The van der Waals surface area contributed by atoms with Crippen molar-refractivity contribution >= 4 is 17.7 Å². The maximum absolute atomic E-state index is 13.4. The number of methoxy groups -OCH3 is 1. The third-order valence-corrected chi connectivity index (χ3v) is 7.70. The Morgan fingerprint density at radius 2 is 1.96 bits per heavy atom. The van der Waals surface area contributed by atoms with Crippen molar-refractivity contribution in [3.8, 4) is 22.9 Å². The van der Waals surface area contributed by atoms with Gasteiger partial charge in [0.2, 0.25) is 23.5 Å². The molecular weight excluding hydrogens is 604 g/mol. The number of carbonyl (C=O) groups excluding carboxylic acids is 3. The van der Waals surface area contributed by atoms with Crippen molar-refractivity contribution in [1.29, 1.82) is 0 Å². The number of rotatable bonds is 6. The third kappa shape index (κ3) is 8.93. The summed E-state index contributed by atoms with van der Waals surface area (Å²) in [5.41, 5.74) is 2.70. The topological polar surface area (TPSA) is 167 Å². The Labute approximate surface area is 272 Å². The molecular formula is C33H40N8O6. The molecule has 248 valence electrons. The Hall–Kier alpha value is -5.27. The highest BCUT2D eigenvalue weighted by atomic mass is 16.5. The monoisotopic (exact) mass is 644 g/mol. The number of aryl methyl sites for hydroxylation is 3. The summed E-state index contributed by atoms with van der Waals surface area (Å²) in [7, 11) is 1.58. The highest BCUT2D eigenvalue weighted by Crippen LogP contribution is 2.27. The van der Waals surface area contributed by atoms with Crippen LogP contribution in [0.1, 0.15) is 60.1 Å². The van der Waals surface area contributed by atoms with Crippen molar-refractivity contribution < 1.29 is 28.4 Å². The molecule has 1 aliphatic heterocycles. The highest BCUT2D eigenvalue weighted by Gasteiger charge is 2.21. The molecule has 3 amide bonds. The minimum Gasteiger partial charge on any atom is -0.496 e. The largest absolute Gasteiger partial charge is 0.496 e. The maximum Gasteiger partial charge on any atom is 0.255 e. The number of ether oxygens (including phenoxy) is 2. The number of benzene rings is 2. The lowest BCUT2D eigenvalue weighted by Gasteiger charge is -2.22. The maximum atomic E-state index is 13.4. The molecule has 0 saturated carbocycles. The molecule has 5 rings (SSSR count). The molecule has 47 heavy (non-hydrogen) atoms. The Kier molecular flexibility index (Phi) is 11.1. The number of aromatic nitrogens is 5. The normalized spacial score (nSPS) is 16.5. The molecule has 0 radical (unpaired) electrons. The Bertz CT molecular complexity index is 1680. The average Bonchev–Trinajstić information content (AvgIpc) is 3.73. The van der Waals surface area contributed by atoms with Gasteiger partial charge in [-0.1, -0.05) is 28.6 Å². The van der Waals surface area contributed by atoms with Gasteiger partial charge in [-0.05, 0) is 56.5 Å². The zero-order valence-corrected chi connectivity index (χ0v) is 26.9. The summed E-state index contributed by atoms with van der Waals surface area (Å²) in [6, 6.07) is 12.0. The van der Waals surface area contributed by atoms with Gasteiger partial charge in [-0.25, -0.2) is 0 Å². The van der Waals surface area contributed by atoms with Crippen LogP contribution in [-0.4, -0.2) is 80.6 Å². The molecule has 0 aliphatic carbocycles. The van der Waals surface area contributed by atoms with Crippen molar-refractivity contribution in [3.05, 3.63) is 71.4 Å². The molecule has 14 heteroatoms. The number of carbonyl (C=O) groups is 3. The molecule has 0 saturated heterocycles. The third-order valence-electron chi connectivity index (χ3n) is 7.70. The van der Waals surface area contributed by atoms with E-state index in [4.69, 9.17) is 14.0 Å². The summed E-state index contributed by atoms with van der Waals surface area (Å²) in [4.78, 5) is 45.4. The number of amides is 3. The first-order valence-corrected chi connectivity index (χ1v) is 15.8. The Morgan fingerprint density at radius 3 is 2.81 bits per heavy atom. The quantitative estimate of drug-likeness (QED) is 0.318. The molecule has 4 aromatic rings. The first-order chi connectivity index (χ1) is 22.8. The molecule has 14 nitrogen and oxygen atoms in total. The summed E-state index contributed by atoms with van der Waals surface area (Å²) in [6.45, 7) is 5.44. The van der Waals surface area contributed by atoms with Crippen LogP contribution in [0.3, 0.4) is 0 Å². The molecule has 2 N–H and O–H groups in total. The predicted molar refractivity (Wildman–Crippen MR) is 171 cm³/mol. The summed E-state index contributed by atoms with van der Waals surface area (Å²) in [6.07, 6.45) is 4.14. The summed E-state index contributed by atoms with van der Waals surface area (Å²) in [5.74, 6) is 1.18. The zero-order valence-electron chi connectivity index (χ0n) is 26.9. The minimum absolute atomic E-state index is 0.0664. The van der Waals surface area contributed by atoms with Gasteiger partial charge in [-0.2, -0.15) is 4.98 Å². The van der Waals surface area contributed by atoms with Gasteiger partial charge in [0.05, 0.1) is 37.6 Å². The lowest BCUT2D eigenvalue weighted by atomic mass is 10.1. The molecule has 2 bridgehead atoms. The van der Waals surface area contributed by atoms with Crippen LogP contribution in [0.2, 0.25) is 0 Å². The van der Waals surface area contributed by atoms with Crippen LogP contribution in [-0.2, 0) is 29.1 Å². The van der Waals surface area contributed by atoms with Crippen molar-refractivity contribution in [3.63, 3.8) is 0 Å². The summed E-state index contributed by atoms with van der Waals surface area (Å²) >= 11 is 0. The second-order valence-corrected chi connectivity index (χ2v) is 11.4. The van der Waals surface area contributed by atoms with Crippen molar-refractivity contribution in [2.45, 2.75) is 65.1 Å². The number of fused-ring (bicyclic) bond motifs is 3. The van der Waals surface area contributed by atoms with E-state index < -0.39 is 11.9 Å². The fourth-order valence-electron chi connectivity index (χ4n) is 5.17. The number of hydrogen-bond donors (Lipinski definition) is 2. The Morgan fingerprint density at radius 1 is 1.11 bits per heavy atom. The molecule has 1 aliphatic rings. The van der Waals surface area contributed by atoms with Crippen LogP contribution >= 0.6 is 0 Å². The standard InChI is InChI=1S/C33H40N8O6/c1-22-13-14-26-28(19-22)46-18-8-17-41-21-24(37-39-41)20-40(16-7-15-34-32(43)23(2)35-33(26)44)30(42)12-6-11-29-36-31(38-47-29)25-9-4-5-10-27(25)45-3/h4-5,9-10,13-14,19,21,23H,6-8,11-12,15-18,20H2,1-3H3,(H,34,43)(H,35,44)/t23-/m1/s1. The van der Waals surface area contributed by atoms with E-state index in [1.807, 2.05) is 49.5 Å². The smallest absolute Gasteiger partial charge is 0.255 e. The highest BCUT2D eigenvalue weighted by molar-refractivity contribution is 5.99. The van der Waals surface area contributed by atoms with Crippen LogP contribution in [0.4, 0.5) is 0 Å². The first-order valence-electron chi connectivity index (χ1n) is 15.8. The fourth-order valence-corrected chi connectivity index (χ4v) is 5.17. The van der Waals surface area contributed by atoms with Crippen molar-refractivity contribution in [2.24, 2.45) is 0 Å². The van der Waals surface area contributed by atoms with E-state index in [0.717, 1.165) is 11.1 Å². The second-order valence-electron chi connectivity index (χ2n) is 11.4. The van der Waals surface area contributed by atoms with Gasteiger partial charge in [0, 0.05) is 38.9 Å². The van der Waals surface area contributed by atoms with Crippen LogP contribution < -0.4 is 20.1 Å². The van der Waals surface area contributed by atoms with Crippen molar-refractivity contribution in [1.82, 2.24) is 40.7 Å². The molecule has 1 atom stereocenters. The van der Waals surface area contributed by atoms with E-state index in [1.54, 1.807) is 29.7 Å². The first kappa shape index (κ1) is 33.1. The van der Waals surface area contributed by atoms with Crippen LogP contribution in [0.25, 0.3) is 11.4 Å². The molecule has 0 spiro atoms. The molecule has 2 aromatic carbocycles. The van der Waals surface area contributed by atoms with Crippen LogP contribution in [0.15, 0.2) is 53.2 Å². The fraction of sp³-hybridized carbons (Fsp3) is 0.424. The molecule has 0 fully saturated rings. The zero-order chi connectivity index (χ0) is 33.2. The minimum atomic E-state index is -0.765. The summed E-state index contributed by atoms with van der Waals surface area (Å²) in [5, 5.41) is 18.2. The van der Waals surface area contributed by atoms with E-state index >= 15 is 0 Å². The molecule has 3 heterocycles. The van der Waals surface area contributed by atoms with E-state index in [-0.39, 0.29) is 24.8 Å². The summed E-state index contributed by atoms with van der Waals surface area (Å²) < 4.78 is 18.5. The lowest BCUT2D eigenvalue weighted by molar-refractivity contribution is -0.132. The molecule has 0 unspecified atom stereocenters. The van der Waals surface area contributed by atoms with Gasteiger partial charge in [0.15, 0.2) is 0 Å². The van der Waals surface area contributed by atoms with E-state index in [0.29, 0.717) is 86.4 Å². The van der Waals surface area contributed by atoms with E-state index in [9.17, 15) is 14.4 Å². The van der Waals surface area contributed by atoms with Crippen LogP contribution in [0.5, 0.6) is 11.5 Å². The lowest BCUT2D eigenvalue weighted by Crippen LogP contribution is -2.45.